The second kappa shape index (κ2) is 9.25. The molecule has 1 aromatic rings. The van der Waals surface area contributed by atoms with Gasteiger partial charge >= 0.3 is 0 Å². The van der Waals surface area contributed by atoms with Crippen LogP contribution in [-0.2, 0) is 6.42 Å². The average Bonchev–Trinajstić information content (AvgIpc) is 2.67. The molecule has 0 aliphatic heterocycles. The van der Waals surface area contributed by atoms with Crippen molar-refractivity contribution >= 4 is 0 Å². The highest BCUT2D eigenvalue weighted by molar-refractivity contribution is 5.31. The summed E-state index contributed by atoms with van der Waals surface area (Å²) < 4.78 is 0. The molecule has 0 saturated carbocycles. The van der Waals surface area contributed by atoms with Crippen LogP contribution in [0.5, 0.6) is 0 Å². The Kier molecular flexibility index (Phi) is 7.29. The highest BCUT2D eigenvalue weighted by Gasteiger charge is 2.23. The Morgan fingerprint density at radius 3 is 2.52 bits per heavy atom. The number of benzene rings is 1. The lowest BCUT2D eigenvalue weighted by Crippen LogP contribution is -2.21. The van der Waals surface area contributed by atoms with E-state index in [1.165, 1.54) is 81.8 Å². The van der Waals surface area contributed by atoms with Crippen molar-refractivity contribution in [1.29, 1.82) is 0 Å². The second-order valence-electron chi connectivity index (χ2n) is 6.79. The van der Waals surface area contributed by atoms with Gasteiger partial charge in [-0.15, -0.1) is 0 Å². The van der Waals surface area contributed by atoms with Crippen LogP contribution < -0.4 is 5.73 Å². The molecular weight excluding hydrogens is 254 g/mol. The predicted molar refractivity (Wildman–Crippen MR) is 92.4 cm³/mol. The van der Waals surface area contributed by atoms with Crippen LogP contribution in [0.25, 0.3) is 0 Å². The number of fused-ring (bicyclic) bond motifs is 1. The molecule has 1 heteroatoms. The van der Waals surface area contributed by atoms with E-state index in [9.17, 15) is 0 Å². The topological polar surface area (TPSA) is 26.0 Å². The van der Waals surface area contributed by atoms with Gasteiger partial charge in [0, 0.05) is 6.04 Å². The molecule has 2 N–H and O–H groups in total. The summed E-state index contributed by atoms with van der Waals surface area (Å²) in [6.07, 6.45) is 14.9. The third kappa shape index (κ3) is 5.14. The first-order valence-electron chi connectivity index (χ1n) is 9.16. The third-order valence-electron chi connectivity index (χ3n) is 5.12. The molecule has 118 valence electrons. The molecule has 0 heterocycles. The van der Waals surface area contributed by atoms with Crippen molar-refractivity contribution in [2.45, 2.75) is 83.6 Å². The maximum atomic E-state index is 6.57. The molecule has 0 aromatic heterocycles. The van der Waals surface area contributed by atoms with Crippen molar-refractivity contribution in [3.63, 3.8) is 0 Å². The van der Waals surface area contributed by atoms with Gasteiger partial charge in [0.25, 0.3) is 0 Å². The molecule has 0 amide bonds. The standard InChI is InChI=1S/C20H33N/c1-2-3-4-5-6-7-8-13-18-15-11-14-17-12-9-10-16-19(17)20(18)21/h9-10,12,16,18,20H,2-8,11,13-15,21H2,1H3. The van der Waals surface area contributed by atoms with Crippen molar-refractivity contribution in [3.05, 3.63) is 35.4 Å². The van der Waals surface area contributed by atoms with Crippen LogP contribution in [-0.4, -0.2) is 0 Å². The van der Waals surface area contributed by atoms with Gasteiger partial charge in [0.05, 0.1) is 0 Å². The zero-order chi connectivity index (χ0) is 14.9. The molecular formula is C20H33N. The highest BCUT2D eigenvalue weighted by atomic mass is 14.7. The van der Waals surface area contributed by atoms with E-state index in [4.69, 9.17) is 5.73 Å². The fourth-order valence-corrected chi connectivity index (χ4v) is 3.76. The minimum Gasteiger partial charge on any atom is -0.324 e. The van der Waals surface area contributed by atoms with Crippen LogP contribution in [0.15, 0.2) is 24.3 Å². The van der Waals surface area contributed by atoms with Crippen LogP contribution in [0.4, 0.5) is 0 Å². The highest BCUT2D eigenvalue weighted by Crippen LogP contribution is 2.34. The van der Waals surface area contributed by atoms with Gasteiger partial charge in [-0.1, -0.05) is 76.1 Å². The Bertz CT molecular complexity index is 399. The molecule has 2 unspecified atom stereocenters. The van der Waals surface area contributed by atoms with E-state index >= 15 is 0 Å². The smallest absolute Gasteiger partial charge is 0.0326 e. The third-order valence-corrected chi connectivity index (χ3v) is 5.12. The van der Waals surface area contributed by atoms with Gasteiger partial charge < -0.3 is 5.73 Å². The number of nitrogens with two attached hydrogens (primary N) is 1. The molecule has 2 rings (SSSR count). The maximum Gasteiger partial charge on any atom is 0.0326 e. The lowest BCUT2D eigenvalue weighted by molar-refractivity contribution is 0.361. The Morgan fingerprint density at radius 2 is 1.71 bits per heavy atom. The Morgan fingerprint density at radius 1 is 1.00 bits per heavy atom. The first-order valence-corrected chi connectivity index (χ1v) is 9.16. The van der Waals surface area contributed by atoms with Gasteiger partial charge in [-0.25, -0.2) is 0 Å². The zero-order valence-electron chi connectivity index (χ0n) is 13.8. The molecule has 1 nitrogen and oxygen atoms in total. The summed E-state index contributed by atoms with van der Waals surface area (Å²) in [7, 11) is 0. The van der Waals surface area contributed by atoms with Crippen molar-refractivity contribution in [2.24, 2.45) is 11.7 Å². The number of hydrogen-bond acceptors (Lipinski definition) is 1. The normalized spacial score (nSPS) is 21.8. The van der Waals surface area contributed by atoms with Gasteiger partial charge in [-0.3, -0.25) is 0 Å². The summed E-state index contributed by atoms with van der Waals surface area (Å²) >= 11 is 0. The number of hydrogen-bond donors (Lipinski definition) is 1. The summed E-state index contributed by atoms with van der Waals surface area (Å²) in [5, 5.41) is 0. The van der Waals surface area contributed by atoms with Crippen molar-refractivity contribution in [3.8, 4) is 0 Å². The largest absolute Gasteiger partial charge is 0.324 e. The van der Waals surface area contributed by atoms with E-state index in [2.05, 4.69) is 31.2 Å². The van der Waals surface area contributed by atoms with Gasteiger partial charge in [-0.2, -0.15) is 0 Å². The fraction of sp³-hybridized carbons (Fsp3) is 0.700. The van der Waals surface area contributed by atoms with Crippen LogP contribution in [0.1, 0.15) is 88.3 Å². The molecule has 0 fully saturated rings. The van der Waals surface area contributed by atoms with Crippen LogP contribution in [0, 0.1) is 5.92 Å². The molecule has 1 aromatic carbocycles. The summed E-state index contributed by atoms with van der Waals surface area (Å²) in [5.41, 5.74) is 9.48. The van der Waals surface area contributed by atoms with Gasteiger partial charge in [0.1, 0.15) is 0 Å². The molecule has 1 aliphatic rings. The molecule has 21 heavy (non-hydrogen) atoms. The molecule has 1 aliphatic carbocycles. The van der Waals surface area contributed by atoms with Crippen molar-refractivity contribution < 1.29 is 0 Å². The molecule has 0 bridgehead atoms. The van der Waals surface area contributed by atoms with E-state index in [1.807, 2.05) is 0 Å². The van der Waals surface area contributed by atoms with Crippen molar-refractivity contribution in [1.82, 2.24) is 0 Å². The van der Waals surface area contributed by atoms with Crippen LogP contribution in [0.3, 0.4) is 0 Å². The Hall–Kier alpha value is -0.820. The SMILES string of the molecule is CCCCCCCCCC1CCCc2ccccc2C1N. The molecule has 0 radical (unpaired) electrons. The summed E-state index contributed by atoms with van der Waals surface area (Å²) in [6, 6.07) is 9.09. The van der Waals surface area contributed by atoms with Crippen LogP contribution >= 0.6 is 0 Å². The Balaban J connectivity index is 1.74. The molecule has 0 saturated heterocycles. The summed E-state index contributed by atoms with van der Waals surface area (Å²) in [4.78, 5) is 0. The van der Waals surface area contributed by atoms with E-state index < -0.39 is 0 Å². The number of unbranched alkanes of at least 4 members (excludes halogenated alkanes) is 6. The number of rotatable bonds is 8. The van der Waals surface area contributed by atoms with E-state index in [0.29, 0.717) is 5.92 Å². The first kappa shape index (κ1) is 16.5. The Labute approximate surface area is 131 Å². The first-order chi connectivity index (χ1) is 10.3. The maximum absolute atomic E-state index is 6.57. The lowest BCUT2D eigenvalue weighted by Gasteiger charge is -2.23. The van der Waals surface area contributed by atoms with E-state index in [1.54, 1.807) is 0 Å². The van der Waals surface area contributed by atoms with Crippen LogP contribution in [0.2, 0.25) is 0 Å². The summed E-state index contributed by atoms with van der Waals surface area (Å²) in [6.45, 7) is 2.28. The van der Waals surface area contributed by atoms with Gasteiger partial charge in [0.2, 0.25) is 0 Å². The average molecular weight is 287 g/mol. The lowest BCUT2D eigenvalue weighted by atomic mass is 9.87. The monoisotopic (exact) mass is 287 g/mol. The van der Waals surface area contributed by atoms with E-state index in [-0.39, 0.29) is 6.04 Å². The quantitative estimate of drug-likeness (QED) is 0.476. The van der Waals surface area contributed by atoms with Crippen molar-refractivity contribution in [2.75, 3.05) is 0 Å². The molecule has 2 atom stereocenters. The molecule has 0 spiro atoms. The number of aryl methyl sites for hydroxylation is 1. The van der Waals surface area contributed by atoms with Gasteiger partial charge in [0.15, 0.2) is 0 Å². The zero-order valence-corrected chi connectivity index (χ0v) is 13.8. The fourth-order valence-electron chi connectivity index (χ4n) is 3.76. The second-order valence-corrected chi connectivity index (χ2v) is 6.79. The minimum atomic E-state index is 0.267. The minimum absolute atomic E-state index is 0.267. The summed E-state index contributed by atoms with van der Waals surface area (Å²) in [5.74, 6) is 0.698. The van der Waals surface area contributed by atoms with E-state index in [0.717, 1.165) is 0 Å². The predicted octanol–water partition coefficient (Wildman–Crippen LogP) is 5.78. The van der Waals surface area contributed by atoms with Gasteiger partial charge in [-0.05, 0) is 42.7 Å².